The SMILES string of the molecule is CC(O)c1cc2cnc(Nc3ccc(CN4CCN(CCO)CC4)cn3)nc2c(N2CC[C@@H](F)C2)n1. The monoisotopic (exact) mass is 496 g/mol. The number of rotatable bonds is 8. The maximum atomic E-state index is 13.9. The highest BCUT2D eigenvalue weighted by atomic mass is 19.1. The lowest BCUT2D eigenvalue weighted by atomic mass is 10.2. The molecule has 192 valence electrons. The molecule has 2 aliphatic heterocycles. The van der Waals surface area contributed by atoms with Crippen LogP contribution in [0.4, 0.5) is 22.0 Å². The molecule has 0 saturated carbocycles. The number of piperazine rings is 1. The van der Waals surface area contributed by atoms with Gasteiger partial charge in [-0.3, -0.25) is 9.80 Å². The van der Waals surface area contributed by atoms with E-state index in [9.17, 15) is 9.50 Å². The lowest BCUT2D eigenvalue weighted by Crippen LogP contribution is -2.46. The molecule has 5 rings (SSSR count). The molecule has 0 bridgehead atoms. The smallest absolute Gasteiger partial charge is 0.229 e. The van der Waals surface area contributed by atoms with Gasteiger partial charge in [0.2, 0.25) is 5.95 Å². The fourth-order valence-corrected chi connectivity index (χ4v) is 4.72. The highest BCUT2D eigenvalue weighted by Crippen LogP contribution is 2.30. The van der Waals surface area contributed by atoms with E-state index in [0.717, 1.165) is 50.2 Å². The Morgan fingerprint density at radius 2 is 1.89 bits per heavy atom. The number of halogens is 1. The summed E-state index contributed by atoms with van der Waals surface area (Å²) in [6.07, 6.45) is 2.35. The first-order valence-electron chi connectivity index (χ1n) is 12.5. The number of aliphatic hydroxyl groups excluding tert-OH is 2. The molecule has 0 aromatic carbocycles. The minimum absolute atomic E-state index is 0.205. The number of aliphatic hydroxyl groups is 2. The van der Waals surface area contributed by atoms with Gasteiger partial charge < -0.3 is 20.4 Å². The summed E-state index contributed by atoms with van der Waals surface area (Å²) in [5.74, 6) is 1.58. The third-order valence-electron chi connectivity index (χ3n) is 6.78. The van der Waals surface area contributed by atoms with E-state index in [0.29, 0.717) is 41.8 Å². The van der Waals surface area contributed by atoms with Gasteiger partial charge in [-0.05, 0) is 31.0 Å². The molecule has 10 nitrogen and oxygen atoms in total. The number of nitrogens with zero attached hydrogens (tertiary/aromatic N) is 7. The summed E-state index contributed by atoms with van der Waals surface area (Å²) >= 11 is 0. The minimum atomic E-state index is -0.899. The van der Waals surface area contributed by atoms with Gasteiger partial charge in [-0.1, -0.05) is 6.07 Å². The molecule has 0 aliphatic carbocycles. The third-order valence-corrected chi connectivity index (χ3v) is 6.78. The van der Waals surface area contributed by atoms with Crippen molar-refractivity contribution < 1.29 is 14.6 Å². The van der Waals surface area contributed by atoms with Crippen LogP contribution in [0, 0.1) is 0 Å². The van der Waals surface area contributed by atoms with Crippen LogP contribution in [0.3, 0.4) is 0 Å². The molecule has 0 radical (unpaired) electrons. The van der Waals surface area contributed by atoms with Crippen molar-refractivity contribution in [3.05, 3.63) is 41.9 Å². The van der Waals surface area contributed by atoms with Crippen LogP contribution in [-0.2, 0) is 6.54 Å². The van der Waals surface area contributed by atoms with Gasteiger partial charge in [0.05, 0.1) is 24.9 Å². The average Bonchev–Trinajstić information content (AvgIpc) is 3.32. The van der Waals surface area contributed by atoms with Crippen molar-refractivity contribution in [2.45, 2.75) is 32.2 Å². The maximum Gasteiger partial charge on any atom is 0.229 e. The first-order chi connectivity index (χ1) is 17.5. The van der Waals surface area contributed by atoms with Crippen molar-refractivity contribution in [1.29, 1.82) is 0 Å². The minimum Gasteiger partial charge on any atom is -0.395 e. The zero-order valence-electron chi connectivity index (χ0n) is 20.5. The Kier molecular flexibility index (Phi) is 7.51. The van der Waals surface area contributed by atoms with Gasteiger partial charge in [-0.15, -0.1) is 0 Å². The topological polar surface area (TPSA) is 114 Å². The Bertz CT molecular complexity index is 1170. The van der Waals surface area contributed by atoms with E-state index < -0.39 is 12.3 Å². The van der Waals surface area contributed by atoms with Crippen LogP contribution in [0.5, 0.6) is 0 Å². The summed E-state index contributed by atoms with van der Waals surface area (Å²) < 4.78 is 13.9. The molecule has 0 amide bonds. The number of alkyl halides is 1. The molecule has 3 aromatic rings. The predicted octanol–water partition coefficient (Wildman–Crippen LogP) is 1.87. The Hall–Kier alpha value is -2.99. The summed E-state index contributed by atoms with van der Waals surface area (Å²) in [6, 6.07) is 5.73. The third kappa shape index (κ3) is 5.70. The van der Waals surface area contributed by atoms with Crippen LogP contribution in [0.2, 0.25) is 0 Å². The van der Waals surface area contributed by atoms with E-state index in [4.69, 9.17) is 5.11 Å². The van der Waals surface area contributed by atoms with Crippen LogP contribution in [-0.4, -0.2) is 98.5 Å². The van der Waals surface area contributed by atoms with Crippen LogP contribution < -0.4 is 10.2 Å². The van der Waals surface area contributed by atoms with Crippen molar-refractivity contribution >= 4 is 28.5 Å². The molecule has 1 unspecified atom stereocenters. The van der Waals surface area contributed by atoms with Crippen LogP contribution in [0.1, 0.15) is 30.7 Å². The van der Waals surface area contributed by atoms with Crippen molar-refractivity contribution in [2.24, 2.45) is 0 Å². The normalized spacial score (nSPS) is 20.2. The van der Waals surface area contributed by atoms with Crippen LogP contribution in [0.25, 0.3) is 10.9 Å². The number of fused-ring (bicyclic) bond motifs is 1. The van der Waals surface area contributed by atoms with E-state index in [1.54, 1.807) is 19.2 Å². The second-order valence-corrected chi connectivity index (χ2v) is 9.53. The maximum absolute atomic E-state index is 13.9. The number of aromatic nitrogens is 4. The molecule has 2 atom stereocenters. The van der Waals surface area contributed by atoms with Crippen molar-refractivity contribution in [3.63, 3.8) is 0 Å². The lowest BCUT2D eigenvalue weighted by molar-refractivity contribution is 0.108. The van der Waals surface area contributed by atoms with E-state index in [1.165, 1.54) is 0 Å². The van der Waals surface area contributed by atoms with Gasteiger partial charge in [-0.25, -0.2) is 24.3 Å². The summed E-state index contributed by atoms with van der Waals surface area (Å²) in [4.78, 5) is 24.8. The Balaban J connectivity index is 1.29. The summed E-state index contributed by atoms with van der Waals surface area (Å²) in [6.45, 7) is 8.11. The summed E-state index contributed by atoms with van der Waals surface area (Å²) in [7, 11) is 0. The molecule has 11 heteroatoms. The second kappa shape index (κ2) is 11.0. The van der Waals surface area contributed by atoms with Crippen LogP contribution in [0.15, 0.2) is 30.6 Å². The van der Waals surface area contributed by atoms with E-state index >= 15 is 0 Å². The van der Waals surface area contributed by atoms with Crippen molar-refractivity contribution in [1.82, 2.24) is 29.7 Å². The van der Waals surface area contributed by atoms with E-state index in [2.05, 4.69) is 35.1 Å². The molecule has 0 spiro atoms. The van der Waals surface area contributed by atoms with Gasteiger partial charge in [-0.2, -0.15) is 0 Å². The lowest BCUT2D eigenvalue weighted by Gasteiger charge is -2.34. The van der Waals surface area contributed by atoms with Gasteiger partial charge in [0.1, 0.15) is 17.5 Å². The van der Waals surface area contributed by atoms with Gasteiger partial charge in [0.25, 0.3) is 0 Å². The summed E-state index contributed by atoms with van der Waals surface area (Å²) in [5, 5.41) is 23.1. The zero-order chi connectivity index (χ0) is 25.1. The first kappa shape index (κ1) is 24.7. The van der Waals surface area contributed by atoms with Gasteiger partial charge >= 0.3 is 0 Å². The fraction of sp³-hybridized carbons (Fsp3) is 0.520. The number of hydrogen-bond acceptors (Lipinski definition) is 10. The number of hydrogen-bond donors (Lipinski definition) is 3. The predicted molar refractivity (Wildman–Crippen MR) is 136 cm³/mol. The molecule has 5 heterocycles. The number of anilines is 3. The fourth-order valence-electron chi connectivity index (χ4n) is 4.72. The second-order valence-electron chi connectivity index (χ2n) is 9.53. The quantitative estimate of drug-likeness (QED) is 0.427. The van der Waals surface area contributed by atoms with Crippen LogP contribution >= 0.6 is 0 Å². The molecule has 36 heavy (non-hydrogen) atoms. The summed E-state index contributed by atoms with van der Waals surface area (Å²) in [5.41, 5.74) is 2.25. The molecule has 2 fully saturated rings. The molecule has 3 N–H and O–H groups in total. The van der Waals surface area contributed by atoms with Crippen molar-refractivity contribution in [2.75, 3.05) is 62.6 Å². The molecule has 3 aromatic heterocycles. The number of nitrogens with one attached hydrogen (secondary N) is 1. The standard InChI is InChI=1S/C25H33FN8O2/c1-17(36)21-12-19-14-28-25(31-23(19)24(29-21)34-5-4-20(26)16-34)30-22-3-2-18(13-27-22)15-33-8-6-32(7-9-33)10-11-35/h2-3,12-14,17,20,35-36H,4-11,15-16H2,1H3,(H,27,28,30,31)/t17?,20-/m1/s1. The number of pyridine rings is 2. The Labute approximate surface area is 209 Å². The molecule has 2 saturated heterocycles. The average molecular weight is 497 g/mol. The first-order valence-corrected chi connectivity index (χ1v) is 12.5. The number of β-amino-alcohol motifs (C(OH)–C–C–N with tert-alkyl or cyclic N) is 1. The Morgan fingerprint density at radius 1 is 1.08 bits per heavy atom. The van der Waals surface area contributed by atoms with Gasteiger partial charge in [0, 0.05) is 63.6 Å². The zero-order valence-corrected chi connectivity index (χ0v) is 20.5. The molecular formula is C25H33FN8O2. The highest BCUT2D eigenvalue weighted by Gasteiger charge is 2.26. The van der Waals surface area contributed by atoms with Gasteiger partial charge in [0.15, 0.2) is 5.82 Å². The molecular weight excluding hydrogens is 463 g/mol. The molecule has 2 aliphatic rings. The van der Waals surface area contributed by atoms with E-state index in [1.807, 2.05) is 23.2 Å². The van der Waals surface area contributed by atoms with Crippen molar-refractivity contribution in [3.8, 4) is 0 Å². The Morgan fingerprint density at radius 3 is 2.56 bits per heavy atom. The van der Waals surface area contributed by atoms with E-state index in [-0.39, 0.29) is 13.2 Å². The largest absolute Gasteiger partial charge is 0.395 e. The highest BCUT2D eigenvalue weighted by molar-refractivity contribution is 5.89.